The number of nitrogens with zero attached hydrogens (tertiary/aromatic N) is 2. The van der Waals surface area contributed by atoms with Gasteiger partial charge < -0.3 is 9.80 Å². The summed E-state index contributed by atoms with van der Waals surface area (Å²) in [5.41, 5.74) is 0.899. The SMILES string of the molecule is C=C(C(=S)C(=S)CC)N(C)CCCCN(CCC)CCC. The van der Waals surface area contributed by atoms with E-state index >= 15 is 0 Å². The molecule has 122 valence electrons. The highest BCUT2D eigenvalue weighted by molar-refractivity contribution is 7.89. The van der Waals surface area contributed by atoms with Gasteiger partial charge in [0.2, 0.25) is 0 Å². The maximum atomic E-state index is 5.37. The van der Waals surface area contributed by atoms with E-state index in [9.17, 15) is 0 Å². The van der Waals surface area contributed by atoms with Crippen molar-refractivity contribution in [2.75, 3.05) is 33.2 Å². The molecular weight excluding hydrogens is 296 g/mol. The van der Waals surface area contributed by atoms with Crippen molar-refractivity contribution in [2.45, 2.75) is 52.9 Å². The summed E-state index contributed by atoms with van der Waals surface area (Å²) in [5, 5.41) is 0. The molecule has 0 aromatic carbocycles. The van der Waals surface area contributed by atoms with E-state index < -0.39 is 0 Å². The number of rotatable bonds is 13. The van der Waals surface area contributed by atoms with Gasteiger partial charge in [-0.2, -0.15) is 0 Å². The zero-order valence-corrected chi connectivity index (χ0v) is 15.9. The van der Waals surface area contributed by atoms with Crippen LogP contribution in [0.3, 0.4) is 0 Å². The molecule has 0 aromatic rings. The Labute approximate surface area is 142 Å². The van der Waals surface area contributed by atoms with Gasteiger partial charge >= 0.3 is 0 Å². The van der Waals surface area contributed by atoms with E-state index in [-0.39, 0.29) is 0 Å². The van der Waals surface area contributed by atoms with Gasteiger partial charge in [0.05, 0.1) is 4.86 Å². The first-order valence-electron chi connectivity index (χ1n) is 8.17. The average Bonchev–Trinajstić information content (AvgIpc) is 2.49. The van der Waals surface area contributed by atoms with Gasteiger partial charge in [-0.15, -0.1) is 0 Å². The predicted molar refractivity (Wildman–Crippen MR) is 104 cm³/mol. The second-order valence-electron chi connectivity index (χ2n) is 5.52. The van der Waals surface area contributed by atoms with E-state index in [2.05, 4.69) is 37.3 Å². The van der Waals surface area contributed by atoms with Crippen LogP contribution in [0.4, 0.5) is 0 Å². The van der Waals surface area contributed by atoms with Crippen LogP contribution < -0.4 is 0 Å². The van der Waals surface area contributed by atoms with Gasteiger partial charge in [-0.25, -0.2) is 0 Å². The molecular formula is C17H32N2S2. The molecule has 4 heteroatoms. The minimum Gasteiger partial charge on any atom is -0.374 e. The van der Waals surface area contributed by atoms with Gasteiger partial charge in [-0.1, -0.05) is 51.8 Å². The fourth-order valence-corrected chi connectivity index (χ4v) is 2.70. The third-order valence-electron chi connectivity index (χ3n) is 3.59. The van der Waals surface area contributed by atoms with Crippen LogP contribution in [-0.4, -0.2) is 52.8 Å². The first kappa shape index (κ1) is 20.7. The summed E-state index contributed by atoms with van der Waals surface area (Å²) in [6.45, 7) is 15.2. The van der Waals surface area contributed by atoms with E-state index in [1.54, 1.807) is 0 Å². The number of hydrogen-bond acceptors (Lipinski definition) is 4. The van der Waals surface area contributed by atoms with Crippen molar-refractivity contribution in [3.63, 3.8) is 0 Å². The van der Waals surface area contributed by atoms with E-state index in [0.29, 0.717) is 0 Å². The lowest BCUT2D eigenvalue weighted by atomic mass is 10.2. The molecule has 0 bridgehead atoms. The summed E-state index contributed by atoms with van der Waals surface area (Å²) >= 11 is 10.6. The number of unbranched alkanes of at least 4 members (excludes halogenated alkanes) is 1. The summed E-state index contributed by atoms with van der Waals surface area (Å²) in [6, 6.07) is 0. The zero-order valence-electron chi connectivity index (χ0n) is 14.3. The molecule has 0 aliphatic rings. The molecule has 0 spiro atoms. The van der Waals surface area contributed by atoms with Crippen molar-refractivity contribution in [2.24, 2.45) is 0 Å². The highest BCUT2D eigenvalue weighted by atomic mass is 32.1. The second kappa shape index (κ2) is 12.2. The van der Waals surface area contributed by atoms with Crippen LogP contribution in [0.2, 0.25) is 0 Å². The Morgan fingerprint density at radius 2 is 1.43 bits per heavy atom. The maximum absolute atomic E-state index is 5.37. The molecule has 2 nitrogen and oxygen atoms in total. The number of allylic oxidation sites excluding steroid dienone is 1. The second-order valence-corrected chi connectivity index (χ2v) is 6.42. The molecule has 0 aliphatic heterocycles. The number of hydrogen-bond donors (Lipinski definition) is 0. The smallest absolute Gasteiger partial charge is 0.0743 e. The third-order valence-corrected chi connectivity index (χ3v) is 4.70. The Bertz CT molecular complexity index is 334. The molecule has 0 saturated carbocycles. The normalized spacial score (nSPS) is 10.7. The van der Waals surface area contributed by atoms with Crippen LogP contribution in [0.5, 0.6) is 0 Å². The van der Waals surface area contributed by atoms with Crippen LogP contribution in [0.1, 0.15) is 52.9 Å². The minimum absolute atomic E-state index is 0.758. The standard InChI is InChI=1S/C17H32N2S2/c1-6-11-19(12-7-2)14-10-9-13-18(5)15(4)17(21)16(20)8-3/h4,6-14H2,1-3,5H3. The summed E-state index contributed by atoms with van der Waals surface area (Å²) in [6.07, 6.45) is 5.69. The van der Waals surface area contributed by atoms with Gasteiger partial charge in [0.15, 0.2) is 0 Å². The Morgan fingerprint density at radius 1 is 0.905 bits per heavy atom. The van der Waals surface area contributed by atoms with Crippen LogP contribution in [0, 0.1) is 0 Å². The van der Waals surface area contributed by atoms with Crippen molar-refractivity contribution >= 4 is 34.2 Å². The van der Waals surface area contributed by atoms with Crippen LogP contribution in [0.25, 0.3) is 0 Å². The van der Waals surface area contributed by atoms with Gasteiger partial charge in [0.25, 0.3) is 0 Å². The predicted octanol–water partition coefficient (Wildman–Crippen LogP) is 4.48. The van der Waals surface area contributed by atoms with Crippen molar-refractivity contribution in [3.05, 3.63) is 12.3 Å². The average molecular weight is 329 g/mol. The Morgan fingerprint density at radius 3 is 1.90 bits per heavy atom. The molecule has 0 aromatic heterocycles. The fourth-order valence-electron chi connectivity index (χ4n) is 2.28. The quantitative estimate of drug-likeness (QED) is 0.279. The van der Waals surface area contributed by atoms with E-state index in [1.807, 2.05) is 6.92 Å². The zero-order chi connectivity index (χ0) is 16.3. The molecule has 0 atom stereocenters. The van der Waals surface area contributed by atoms with E-state index in [1.165, 1.54) is 45.3 Å². The highest BCUT2D eigenvalue weighted by Crippen LogP contribution is 2.08. The molecule has 0 saturated heterocycles. The largest absolute Gasteiger partial charge is 0.374 e. The third kappa shape index (κ3) is 8.64. The van der Waals surface area contributed by atoms with Crippen molar-refractivity contribution in [1.82, 2.24) is 9.80 Å². The Hall–Kier alpha value is -0.320. The molecule has 0 fully saturated rings. The first-order chi connectivity index (χ1) is 9.97. The molecule has 21 heavy (non-hydrogen) atoms. The lowest BCUT2D eigenvalue weighted by Gasteiger charge is -2.24. The number of thiocarbonyl (C=S) groups is 2. The van der Waals surface area contributed by atoms with Gasteiger partial charge in [-0.05, 0) is 51.7 Å². The fraction of sp³-hybridized carbons (Fsp3) is 0.765. The van der Waals surface area contributed by atoms with E-state index in [4.69, 9.17) is 24.4 Å². The molecule has 0 rings (SSSR count). The topological polar surface area (TPSA) is 6.48 Å². The molecule has 0 amide bonds. The summed E-state index contributed by atoms with van der Waals surface area (Å²) in [7, 11) is 2.06. The van der Waals surface area contributed by atoms with Gasteiger partial charge in [-0.3, -0.25) is 0 Å². The summed E-state index contributed by atoms with van der Waals surface area (Å²) in [4.78, 5) is 6.31. The summed E-state index contributed by atoms with van der Waals surface area (Å²) < 4.78 is 0. The first-order valence-corrected chi connectivity index (χ1v) is 8.99. The van der Waals surface area contributed by atoms with Crippen LogP contribution in [0.15, 0.2) is 12.3 Å². The van der Waals surface area contributed by atoms with Crippen LogP contribution in [-0.2, 0) is 0 Å². The van der Waals surface area contributed by atoms with E-state index in [0.717, 1.165) is 28.4 Å². The summed E-state index contributed by atoms with van der Waals surface area (Å²) in [5.74, 6) is 0. The van der Waals surface area contributed by atoms with Crippen molar-refractivity contribution in [3.8, 4) is 0 Å². The Balaban J connectivity index is 4.02. The molecule has 0 N–H and O–H groups in total. The molecule has 0 radical (unpaired) electrons. The van der Waals surface area contributed by atoms with Crippen LogP contribution >= 0.6 is 24.4 Å². The lowest BCUT2D eigenvalue weighted by molar-refractivity contribution is 0.264. The van der Waals surface area contributed by atoms with Gasteiger partial charge in [0, 0.05) is 24.2 Å². The van der Waals surface area contributed by atoms with Crippen molar-refractivity contribution in [1.29, 1.82) is 0 Å². The van der Waals surface area contributed by atoms with Crippen molar-refractivity contribution < 1.29 is 0 Å². The van der Waals surface area contributed by atoms with Gasteiger partial charge in [0.1, 0.15) is 0 Å². The molecule has 0 aliphatic carbocycles. The molecule has 0 heterocycles. The Kier molecular flexibility index (Phi) is 12.1. The molecule has 0 unspecified atom stereocenters. The minimum atomic E-state index is 0.758. The maximum Gasteiger partial charge on any atom is 0.0743 e. The highest BCUT2D eigenvalue weighted by Gasteiger charge is 2.11. The monoisotopic (exact) mass is 328 g/mol. The lowest BCUT2D eigenvalue weighted by Crippen LogP contribution is -2.29.